The molecule has 28 heavy (non-hydrogen) atoms. The summed E-state index contributed by atoms with van der Waals surface area (Å²) in [6, 6.07) is 8.21. The Labute approximate surface area is 165 Å². The molecule has 0 spiro atoms. The van der Waals surface area contributed by atoms with E-state index in [1.54, 1.807) is 20.2 Å². The number of phenolic OH excluding ortho intramolecular Hbond substituents is 1. The van der Waals surface area contributed by atoms with Crippen LogP contribution in [0, 0.1) is 0 Å². The van der Waals surface area contributed by atoms with Crippen LogP contribution in [0.2, 0.25) is 0 Å². The van der Waals surface area contributed by atoms with E-state index in [2.05, 4.69) is 16.0 Å². The Bertz CT molecular complexity index is 966. The second-order valence-corrected chi connectivity index (χ2v) is 7.42. The van der Waals surface area contributed by atoms with Crippen molar-refractivity contribution < 1.29 is 19.5 Å². The highest BCUT2D eigenvalue weighted by atomic mass is 32.1. The minimum absolute atomic E-state index is 0.0156. The van der Waals surface area contributed by atoms with E-state index in [1.807, 2.05) is 24.4 Å². The summed E-state index contributed by atoms with van der Waals surface area (Å²) in [4.78, 5) is 39.0. The molecule has 0 unspecified atom stereocenters. The van der Waals surface area contributed by atoms with Crippen LogP contribution in [0.15, 0.2) is 47.1 Å². The molecule has 1 aromatic heterocycles. The third kappa shape index (κ3) is 3.70. The second-order valence-electron chi connectivity index (χ2n) is 6.44. The Morgan fingerprint density at radius 3 is 2.50 bits per heavy atom. The molecule has 1 aliphatic heterocycles. The SMILES string of the molecule is C[C@@H](NC1=C(Nc2cccc(C(=O)N(C)C)c2O)C(=O)NC1=O)c1cccs1. The molecule has 1 atom stereocenters. The first-order valence-corrected chi connectivity index (χ1v) is 9.38. The van der Waals surface area contributed by atoms with E-state index in [0.29, 0.717) is 0 Å². The van der Waals surface area contributed by atoms with Gasteiger partial charge in [0.05, 0.1) is 17.3 Å². The molecule has 0 radical (unpaired) electrons. The van der Waals surface area contributed by atoms with E-state index in [9.17, 15) is 19.5 Å². The molecular weight excluding hydrogens is 380 g/mol. The summed E-state index contributed by atoms with van der Waals surface area (Å²) in [7, 11) is 3.14. The van der Waals surface area contributed by atoms with E-state index in [-0.39, 0.29) is 40.3 Å². The predicted molar refractivity (Wildman–Crippen MR) is 106 cm³/mol. The monoisotopic (exact) mass is 400 g/mol. The number of para-hydroxylation sites is 1. The fourth-order valence-corrected chi connectivity index (χ4v) is 3.46. The normalized spacial score (nSPS) is 14.7. The number of phenols is 1. The summed E-state index contributed by atoms with van der Waals surface area (Å²) < 4.78 is 0. The molecule has 146 valence electrons. The van der Waals surface area contributed by atoms with Gasteiger partial charge in [0.2, 0.25) is 0 Å². The average molecular weight is 400 g/mol. The van der Waals surface area contributed by atoms with Crippen molar-refractivity contribution in [2.45, 2.75) is 13.0 Å². The van der Waals surface area contributed by atoms with Gasteiger partial charge in [-0.15, -0.1) is 11.3 Å². The van der Waals surface area contributed by atoms with Gasteiger partial charge in [-0.3, -0.25) is 19.7 Å². The number of benzene rings is 1. The van der Waals surface area contributed by atoms with Crippen LogP contribution in [0.3, 0.4) is 0 Å². The lowest BCUT2D eigenvalue weighted by Crippen LogP contribution is -2.28. The summed E-state index contributed by atoms with van der Waals surface area (Å²) in [5.74, 6) is -1.86. The van der Waals surface area contributed by atoms with Crippen molar-refractivity contribution in [1.29, 1.82) is 0 Å². The molecule has 1 aliphatic rings. The Morgan fingerprint density at radius 2 is 1.86 bits per heavy atom. The first-order valence-electron chi connectivity index (χ1n) is 8.50. The van der Waals surface area contributed by atoms with Gasteiger partial charge in [-0.1, -0.05) is 12.1 Å². The lowest BCUT2D eigenvalue weighted by atomic mass is 10.1. The second kappa shape index (κ2) is 7.73. The molecule has 3 rings (SSSR count). The standard InChI is InChI=1S/C19H20N4O4S/c1-10(13-8-5-9-28-13)20-14-15(18(26)22-17(14)25)21-12-7-4-6-11(16(12)24)19(27)23(2)3/h4-10,24H,1-3H3,(H3,20,21,22,25,26)/t10-/m1/s1. The number of anilines is 1. The van der Waals surface area contributed by atoms with Crippen LogP contribution in [-0.2, 0) is 9.59 Å². The smallest absolute Gasteiger partial charge is 0.276 e. The lowest BCUT2D eigenvalue weighted by Gasteiger charge is -2.17. The number of amides is 3. The van der Waals surface area contributed by atoms with Crippen molar-refractivity contribution in [2.75, 3.05) is 19.4 Å². The highest BCUT2D eigenvalue weighted by Gasteiger charge is 2.32. The minimum Gasteiger partial charge on any atom is -0.505 e. The highest BCUT2D eigenvalue weighted by Crippen LogP contribution is 2.30. The van der Waals surface area contributed by atoms with Gasteiger partial charge in [0.1, 0.15) is 11.4 Å². The van der Waals surface area contributed by atoms with Crippen LogP contribution in [0.5, 0.6) is 5.75 Å². The Morgan fingerprint density at radius 1 is 1.14 bits per heavy atom. The van der Waals surface area contributed by atoms with Crippen molar-refractivity contribution in [1.82, 2.24) is 15.5 Å². The molecule has 0 saturated carbocycles. The van der Waals surface area contributed by atoms with Crippen LogP contribution in [-0.4, -0.2) is 41.8 Å². The fourth-order valence-electron chi connectivity index (χ4n) is 2.73. The van der Waals surface area contributed by atoms with Crippen molar-refractivity contribution in [2.24, 2.45) is 0 Å². The van der Waals surface area contributed by atoms with E-state index >= 15 is 0 Å². The lowest BCUT2D eigenvalue weighted by molar-refractivity contribution is -0.124. The number of aromatic hydroxyl groups is 1. The number of imide groups is 1. The maximum absolute atomic E-state index is 12.3. The summed E-state index contributed by atoms with van der Waals surface area (Å²) in [5, 5.41) is 20.5. The highest BCUT2D eigenvalue weighted by molar-refractivity contribution is 7.10. The molecule has 2 heterocycles. The zero-order valence-corrected chi connectivity index (χ0v) is 16.4. The zero-order valence-electron chi connectivity index (χ0n) is 15.6. The maximum Gasteiger partial charge on any atom is 0.276 e. The van der Waals surface area contributed by atoms with E-state index in [1.165, 1.54) is 28.4 Å². The average Bonchev–Trinajstić information content (AvgIpc) is 3.27. The van der Waals surface area contributed by atoms with Gasteiger partial charge >= 0.3 is 0 Å². The van der Waals surface area contributed by atoms with Crippen LogP contribution >= 0.6 is 11.3 Å². The number of hydrogen-bond donors (Lipinski definition) is 4. The largest absolute Gasteiger partial charge is 0.505 e. The number of rotatable bonds is 6. The molecular formula is C19H20N4O4S. The van der Waals surface area contributed by atoms with Gasteiger partial charge in [0, 0.05) is 19.0 Å². The van der Waals surface area contributed by atoms with Gasteiger partial charge < -0.3 is 20.6 Å². The summed E-state index contributed by atoms with van der Waals surface area (Å²) in [5.41, 5.74) is 0.296. The summed E-state index contributed by atoms with van der Waals surface area (Å²) in [6.07, 6.45) is 0. The molecule has 3 amide bonds. The summed E-state index contributed by atoms with van der Waals surface area (Å²) >= 11 is 1.53. The third-order valence-electron chi connectivity index (χ3n) is 4.19. The first kappa shape index (κ1) is 19.4. The third-order valence-corrected chi connectivity index (χ3v) is 5.25. The van der Waals surface area contributed by atoms with Crippen molar-refractivity contribution in [3.05, 3.63) is 57.5 Å². The van der Waals surface area contributed by atoms with Gasteiger partial charge in [0.15, 0.2) is 5.75 Å². The maximum atomic E-state index is 12.3. The number of thiophene rings is 1. The Balaban J connectivity index is 1.93. The van der Waals surface area contributed by atoms with Gasteiger partial charge in [0.25, 0.3) is 17.7 Å². The van der Waals surface area contributed by atoms with Crippen LogP contribution < -0.4 is 16.0 Å². The molecule has 9 heteroatoms. The number of nitrogens with zero attached hydrogens (tertiary/aromatic N) is 1. The van der Waals surface area contributed by atoms with Crippen LogP contribution in [0.4, 0.5) is 5.69 Å². The van der Waals surface area contributed by atoms with E-state index < -0.39 is 11.8 Å². The Kier molecular flexibility index (Phi) is 5.36. The molecule has 4 N–H and O–H groups in total. The molecule has 0 saturated heterocycles. The van der Waals surface area contributed by atoms with E-state index in [0.717, 1.165) is 4.88 Å². The molecule has 0 aliphatic carbocycles. The number of carbonyl (C=O) groups is 3. The number of carbonyl (C=O) groups excluding carboxylic acids is 3. The topological polar surface area (TPSA) is 111 Å². The van der Waals surface area contributed by atoms with Crippen LogP contribution in [0.25, 0.3) is 0 Å². The molecule has 0 bridgehead atoms. The zero-order chi connectivity index (χ0) is 20.4. The number of hydrogen-bond acceptors (Lipinski definition) is 7. The van der Waals surface area contributed by atoms with Crippen molar-refractivity contribution in [3.8, 4) is 5.75 Å². The minimum atomic E-state index is -0.616. The predicted octanol–water partition coefficient (Wildman–Crippen LogP) is 1.79. The quantitative estimate of drug-likeness (QED) is 0.435. The van der Waals surface area contributed by atoms with Gasteiger partial charge in [-0.05, 0) is 30.5 Å². The molecule has 8 nitrogen and oxygen atoms in total. The first-order chi connectivity index (χ1) is 13.3. The number of nitrogens with one attached hydrogen (secondary N) is 3. The molecule has 0 fully saturated rings. The summed E-state index contributed by atoms with van der Waals surface area (Å²) in [6.45, 7) is 1.88. The van der Waals surface area contributed by atoms with Crippen molar-refractivity contribution >= 4 is 34.7 Å². The molecule has 1 aromatic carbocycles. The molecule has 2 aromatic rings. The van der Waals surface area contributed by atoms with Crippen LogP contribution in [0.1, 0.15) is 28.2 Å². The fraction of sp³-hybridized carbons (Fsp3) is 0.211. The van der Waals surface area contributed by atoms with Gasteiger partial charge in [-0.25, -0.2) is 0 Å². The van der Waals surface area contributed by atoms with E-state index in [4.69, 9.17) is 0 Å². The Hall–Kier alpha value is -3.33. The van der Waals surface area contributed by atoms with Gasteiger partial charge in [-0.2, -0.15) is 0 Å². The van der Waals surface area contributed by atoms with Crippen molar-refractivity contribution in [3.63, 3.8) is 0 Å².